The zero-order chi connectivity index (χ0) is 20.2. The number of hydrogen-bond donors (Lipinski definition) is 2. The predicted octanol–water partition coefficient (Wildman–Crippen LogP) is 2.94. The average Bonchev–Trinajstić information content (AvgIpc) is 3.21. The molecule has 1 amide bonds. The monoisotopic (exact) mass is 391 g/mol. The molecule has 0 bridgehead atoms. The fourth-order valence-corrected chi connectivity index (χ4v) is 2.82. The number of amides is 1. The van der Waals surface area contributed by atoms with Crippen molar-refractivity contribution >= 4 is 23.1 Å². The molecule has 2 heterocycles. The van der Waals surface area contributed by atoms with Crippen molar-refractivity contribution in [1.82, 2.24) is 15.3 Å². The fourth-order valence-electron chi connectivity index (χ4n) is 2.82. The fraction of sp³-hybridized carbons (Fsp3) is 0.190. The maximum Gasteiger partial charge on any atom is 0.271 e. The van der Waals surface area contributed by atoms with Gasteiger partial charge in [0.2, 0.25) is 6.79 Å². The molecular formula is C21H21N5O3. The van der Waals surface area contributed by atoms with Crippen LogP contribution in [0.2, 0.25) is 0 Å². The Morgan fingerprint density at radius 3 is 2.55 bits per heavy atom. The zero-order valence-electron chi connectivity index (χ0n) is 16.2. The Morgan fingerprint density at radius 2 is 1.83 bits per heavy atom. The normalized spacial score (nSPS) is 11.8. The van der Waals surface area contributed by atoms with Gasteiger partial charge < -0.3 is 25.0 Å². The van der Waals surface area contributed by atoms with E-state index in [1.807, 2.05) is 61.5 Å². The third kappa shape index (κ3) is 4.37. The largest absolute Gasteiger partial charge is 0.454 e. The third-order valence-electron chi connectivity index (χ3n) is 4.43. The third-order valence-corrected chi connectivity index (χ3v) is 4.43. The quantitative estimate of drug-likeness (QED) is 0.668. The maximum absolute atomic E-state index is 12.3. The van der Waals surface area contributed by atoms with Gasteiger partial charge in [-0.2, -0.15) is 0 Å². The van der Waals surface area contributed by atoms with Crippen LogP contribution in [0, 0.1) is 0 Å². The summed E-state index contributed by atoms with van der Waals surface area (Å²) in [6.45, 7) is 0.580. The molecule has 1 aliphatic heterocycles. The number of nitrogens with one attached hydrogen (secondary N) is 2. The number of ether oxygens (including phenoxy) is 2. The van der Waals surface area contributed by atoms with Crippen molar-refractivity contribution in [2.75, 3.05) is 31.1 Å². The van der Waals surface area contributed by atoms with Crippen LogP contribution in [0.4, 0.5) is 17.2 Å². The van der Waals surface area contributed by atoms with E-state index in [1.165, 1.54) is 12.4 Å². The van der Waals surface area contributed by atoms with Crippen LogP contribution in [-0.4, -0.2) is 36.8 Å². The molecule has 1 aromatic heterocycles. The van der Waals surface area contributed by atoms with Gasteiger partial charge in [-0.05, 0) is 42.0 Å². The van der Waals surface area contributed by atoms with Gasteiger partial charge in [0.1, 0.15) is 11.5 Å². The lowest BCUT2D eigenvalue weighted by atomic mass is 10.2. The van der Waals surface area contributed by atoms with E-state index in [1.54, 1.807) is 0 Å². The molecule has 0 atom stereocenters. The summed E-state index contributed by atoms with van der Waals surface area (Å²) < 4.78 is 10.6. The summed E-state index contributed by atoms with van der Waals surface area (Å²) in [5, 5.41) is 6.00. The lowest BCUT2D eigenvalue weighted by molar-refractivity contribution is 0.0945. The second-order valence-electron chi connectivity index (χ2n) is 6.72. The van der Waals surface area contributed by atoms with E-state index >= 15 is 0 Å². The smallest absolute Gasteiger partial charge is 0.271 e. The first kappa shape index (κ1) is 18.5. The van der Waals surface area contributed by atoms with Crippen LogP contribution in [-0.2, 0) is 6.54 Å². The molecule has 4 rings (SSSR count). The van der Waals surface area contributed by atoms with Crippen LogP contribution in [0.5, 0.6) is 11.5 Å². The Balaban J connectivity index is 1.34. The second-order valence-corrected chi connectivity index (χ2v) is 6.72. The van der Waals surface area contributed by atoms with Crippen LogP contribution in [0.25, 0.3) is 0 Å². The van der Waals surface area contributed by atoms with E-state index in [-0.39, 0.29) is 18.4 Å². The Bertz CT molecular complexity index is 1000. The minimum atomic E-state index is -0.294. The second kappa shape index (κ2) is 8.05. The molecule has 8 heteroatoms. The molecule has 0 saturated heterocycles. The van der Waals surface area contributed by atoms with Crippen LogP contribution < -0.4 is 25.0 Å². The predicted molar refractivity (Wildman–Crippen MR) is 110 cm³/mol. The number of fused-ring (bicyclic) bond motifs is 1. The van der Waals surface area contributed by atoms with Gasteiger partial charge in [0.25, 0.3) is 5.91 Å². The first-order valence-corrected chi connectivity index (χ1v) is 9.12. The van der Waals surface area contributed by atoms with Gasteiger partial charge in [0.05, 0.1) is 12.4 Å². The van der Waals surface area contributed by atoms with E-state index in [4.69, 9.17) is 9.47 Å². The topological polar surface area (TPSA) is 88.6 Å². The van der Waals surface area contributed by atoms with Gasteiger partial charge >= 0.3 is 0 Å². The molecule has 1 aliphatic rings. The molecule has 2 aromatic carbocycles. The minimum absolute atomic E-state index is 0.223. The highest BCUT2D eigenvalue weighted by Gasteiger charge is 2.14. The first-order chi connectivity index (χ1) is 14.1. The highest BCUT2D eigenvalue weighted by atomic mass is 16.7. The van der Waals surface area contributed by atoms with Crippen molar-refractivity contribution < 1.29 is 14.3 Å². The summed E-state index contributed by atoms with van der Waals surface area (Å²) in [6, 6.07) is 13.5. The Morgan fingerprint density at radius 1 is 1.03 bits per heavy atom. The number of carbonyl (C=O) groups excluding carboxylic acids is 1. The van der Waals surface area contributed by atoms with Gasteiger partial charge in [-0.1, -0.05) is 6.07 Å². The lowest BCUT2D eigenvalue weighted by Crippen LogP contribution is -2.24. The summed E-state index contributed by atoms with van der Waals surface area (Å²) in [6.07, 6.45) is 2.99. The standard InChI is InChI=1S/C21H21N5O3/c1-26(2)16-6-4-15(5-7-16)25-20-12-22-17(11-23-20)21(27)24-10-14-3-8-18-19(9-14)29-13-28-18/h3-9,11-12H,10,13H2,1-2H3,(H,23,25)(H,24,27). The number of nitrogens with zero attached hydrogens (tertiary/aromatic N) is 3. The summed E-state index contributed by atoms with van der Waals surface area (Å²) in [7, 11) is 3.98. The Kier molecular flexibility index (Phi) is 5.15. The van der Waals surface area contributed by atoms with Crippen molar-refractivity contribution in [3.63, 3.8) is 0 Å². The van der Waals surface area contributed by atoms with Crippen molar-refractivity contribution in [2.24, 2.45) is 0 Å². The number of anilines is 3. The molecule has 0 spiro atoms. The molecular weight excluding hydrogens is 370 g/mol. The van der Waals surface area contributed by atoms with Gasteiger partial charge in [-0.15, -0.1) is 0 Å². The molecule has 0 aliphatic carbocycles. The van der Waals surface area contributed by atoms with E-state index < -0.39 is 0 Å². The van der Waals surface area contributed by atoms with Crippen molar-refractivity contribution in [3.8, 4) is 11.5 Å². The Labute approximate surface area is 168 Å². The minimum Gasteiger partial charge on any atom is -0.454 e. The number of aromatic nitrogens is 2. The summed E-state index contributed by atoms with van der Waals surface area (Å²) >= 11 is 0. The highest BCUT2D eigenvalue weighted by Crippen LogP contribution is 2.32. The van der Waals surface area contributed by atoms with Gasteiger partial charge in [0.15, 0.2) is 11.5 Å². The lowest BCUT2D eigenvalue weighted by Gasteiger charge is -2.13. The van der Waals surface area contributed by atoms with Gasteiger partial charge in [-0.25, -0.2) is 9.97 Å². The number of carbonyl (C=O) groups is 1. The number of rotatable bonds is 6. The number of hydrogen-bond acceptors (Lipinski definition) is 7. The van der Waals surface area contributed by atoms with Crippen molar-refractivity contribution in [2.45, 2.75) is 6.54 Å². The summed E-state index contributed by atoms with van der Waals surface area (Å²) in [5.41, 5.74) is 3.16. The summed E-state index contributed by atoms with van der Waals surface area (Å²) in [4.78, 5) is 22.8. The SMILES string of the molecule is CN(C)c1ccc(Nc2cnc(C(=O)NCc3ccc4c(c3)OCO4)cn2)cc1. The summed E-state index contributed by atoms with van der Waals surface area (Å²) in [5.74, 6) is 1.67. The van der Waals surface area contributed by atoms with Crippen LogP contribution in [0.1, 0.15) is 16.1 Å². The first-order valence-electron chi connectivity index (χ1n) is 9.12. The maximum atomic E-state index is 12.3. The van der Waals surface area contributed by atoms with E-state index in [2.05, 4.69) is 20.6 Å². The van der Waals surface area contributed by atoms with Crippen LogP contribution in [0.3, 0.4) is 0 Å². The molecule has 0 fully saturated rings. The molecule has 29 heavy (non-hydrogen) atoms. The van der Waals surface area contributed by atoms with E-state index in [9.17, 15) is 4.79 Å². The highest BCUT2D eigenvalue weighted by molar-refractivity contribution is 5.92. The zero-order valence-corrected chi connectivity index (χ0v) is 16.2. The number of benzene rings is 2. The molecule has 0 unspecified atom stereocenters. The van der Waals surface area contributed by atoms with E-state index in [0.717, 1.165) is 16.9 Å². The molecule has 2 N–H and O–H groups in total. The molecule has 8 nitrogen and oxygen atoms in total. The molecule has 148 valence electrons. The van der Waals surface area contributed by atoms with Crippen LogP contribution >= 0.6 is 0 Å². The molecule has 0 radical (unpaired) electrons. The van der Waals surface area contributed by atoms with E-state index in [0.29, 0.717) is 23.9 Å². The Hall–Kier alpha value is -3.81. The van der Waals surface area contributed by atoms with Gasteiger partial charge in [0, 0.05) is 32.0 Å². The molecule has 3 aromatic rings. The van der Waals surface area contributed by atoms with Crippen molar-refractivity contribution in [3.05, 3.63) is 66.1 Å². The molecule has 0 saturated carbocycles. The van der Waals surface area contributed by atoms with Gasteiger partial charge in [-0.3, -0.25) is 4.79 Å². The van der Waals surface area contributed by atoms with Crippen LogP contribution in [0.15, 0.2) is 54.9 Å². The average molecular weight is 391 g/mol. The van der Waals surface area contributed by atoms with Crippen molar-refractivity contribution in [1.29, 1.82) is 0 Å².